The van der Waals surface area contributed by atoms with Crippen LogP contribution in [0.15, 0.2) is 22.7 Å². The van der Waals surface area contributed by atoms with E-state index in [4.69, 9.17) is 0 Å². The van der Waals surface area contributed by atoms with Crippen LogP contribution in [-0.2, 0) is 6.54 Å². The predicted octanol–water partition coefficient (Wildman–Crippen LogP) is 3.95. The molecule has 0 saturated heterocycles. The van der Waals surface area contributed by atoms with E-state index in [2.05, 4.69) is 21.2 Å². The van der Waals surface area contributed by atoms with Gasteiger partial charge in [-0.15, -0.1) is 0 Å². The number of anilines is 1. The Labute approximate surface area is 120 Å². The van der Waals surface area contributed by atoms with Gasteiger partial charge in [0.25, 0.3) is 0 Å². The summed E-state index contributed by atoms with van der Waals surface area (Å²) >= 11 is 3.35. The highest BCUT2D eigenvalue weighted by atomic mass is 79.9. The van der Waals surface area contributed by atoms with Crippen LogP contribution in [0, 0.1) is 0 Å². The number of hydrogen-bond donors (Lipinski definition) is 1. The van der Waals surface area contributed by atoms with Gasteiger partial charge in [0.05, 0.1) is 5.69 Å². The molecule has 1 rings (SSSR count). The molecule has 0 aliphatic carbocycles. The lowest BCUT2D eigenvalue weighted by Crippen LogP contribution is -2.34. The van der Waals surface area contributed by atoms with Crippen molar-refractivity contribution in [2.24, 2.45) is 0 Å². The minimum Gasteiger partial charge on any atom is -0.362 e. The zero-order chi connectivity index (χ0) is 14.5. The van der Waals surface area contributed by atoms with Crippen molar-refractivity contribution in [1.82, 2.24) is 5.32 Å². The maximum atomic E-state index is 12.5. The summed E-state index contributed by atoms with van der Waals surface area (Å²) in [6.45, 7) is 4.66. The van der Waals surface area contributed by atoms with Crippen LogP contribution in [0.2, 0.25) is 0 Å². The average Bonchev–Trinajstić information content (AvgIpc) is 2.33. The van der Waals surface area contributed by atoms with Crippen molar-refractivity contribution in [3.05, 3.63) is 28.2 Å². The maximum absolute atomic E-state index is 12.5. The van der Waals surface area contributed by atoms with E-state index in [-0.39, 0.29) is 0 Å². The number of alkyl halides is 3. The standard InChI is InChI=1S/C13H18BrF3N2/c1-3-18-8-10-5-6-12(11(14)7-10)19(4-2)9-13(15,16)17/h5-7,18H,3-4,8-9H2,1-2H3. The molecule has 0 fully saturated rings. The number of benzene rings is 1. The number of halogens is 4. The second-order valence-corrected chi connectivity index (χ2v) is 5.05. The lowest BCUT2D eigenvalue weighted by Gasteiger charge is -2.25. The molecule has 2 nitrogen and oxygen atoms in total. The van der Waals surface area contributed by atoms with Gasteiger partial charge < -0.3 is 10.2 Å². The largest absolute Gasteiger partial charge is 0.405 e. The summed E-state index contributed by atoms with van der Waals surface area (Å²) in [5, 5.41) is 3.18. The molecule has 6 heteroatoms. The van der Waals surface area contributed by atoms with E-state index < -0.39 is 12.7 Å². The van der Waals surface area contributed by atoms with Gasteiger partial charge in [0.15, 0.2) is 0 Å². The van der Waals surface area contributed by atoms with Crippen LogP contribution in [0.5, 0.6) is 0 Å². The number of nitrogens with one attached hydrogen (secondary N) is 1. The molecular formula is C13H18BrF3N2. The fourth-order valence-corrected chi connectivity index (χ4v) is 2.45. The van der Waals surface area contributed by atoms with E-state index in [0.29, 0.717) is 23.2 Å². The van der Waals surface area contributed by atoms with Gasteiger partial charge in [-0.25, -0.2) is 0 Å². The lowest BCUT2D eigenvalue weighted by molar-refractivity contribution is -0.119. The SMILES string of the molecule is CCNCc1ccc(N(CC)CC(F)(F)F)c(Br)c1. The van der Waals surface area contributed by atoms with Crippen LogP contribution in [0.4, 0.5) is 18.9 Å². The molecule has 0 atom stereocenters. The summed E-state index contributed by atoms with van der Waals surface area (Å²) in [7, 11) is 0. The Balaban J connectivity index is 2.87. The Morgan fingerprint density at radius 3 is 2.42 bits per heavy atom. The molecular weight excluding hydrogens is 321 g/mol. The molecule has 0 aliphatic heterocycles. The van der Waals surface area contributed by atoms with Crippen LogP contribution in [-0.4, -0.2) is 25.8 Å². The van der Waals surface area contributed by atoms with Crippen LogP contribution in [0.3, 0.4) is 0 Å². The molecule has 1 N–H and O–H groups in total. The fraction of sp³-hybridized carbons (Fsp3) is 0.538. The van der Waals surface area contributed by atoms with Gasteiger partial charge >= 0.3 is 6.18 Å². The van der Waals surface area contributed by atoms with Gasteiger partial charge in [-0.3, -0.25) is 0 Å². The summed E-state index contributed by atoms with van der Waals surface area (Å²) in [6.07, 6.45) is -4.20. The number of nitrogens with zero attached hydrogens (tertiary/aromatic N) is 1. The van der Waals surface area contributed by atoms with Gasteiger partial charge in [-0.05, 0) is 47.1 Å². The Morgan fingerprint density at radius 1 is 1.26 bits per heavy atom. The molecule has 0 spiro atoms. The van der Waals surface area contributed by atoms with Crippen molar-refractivity contribution in [2.45, 2.75) is 26.6 Å². The molecule has 19 heavy (non-hydrogen) atoms. The first-order valence-corrected chi connectivity index (χ1v) is 6.97. The van der Waals surface area contributed by atoms with E-state index in [1.54, 1.807) is 13.0 Å². The van der Waals surface area contributed by atoms with E-state index in [1.807, 2.05) is 19.1 Å². The highest BCUT2D eigenvalue weighted by Crippen LogP contribution is 2.29. The Bertz CT molecular complexity index is 407. The Hall–Kier alpha value is -0.750. The van der Waals surface area contributed by atoms with Crippen LogP contribution in [0.1, 0.15) is 19.4 Å². The second kappa shape index (κ2) is 7.14. The normalized spacial score (nSPS) is 11.7. The van der Waals surface area contributed by atoms with Gasteiger partial charge in [0.2, 0.25) is 0 Å². The average molecular weight is 339 g/mol. The highest BCUT2D eigenvalue weighted by molar-refractivity contribution is 9.10. The van der Waals surface area contributed by atoms with Crippen molar-refractivity contribution < 1.29 is 13.2 Å². The lowest BCUT2D eigenvalue weighted by atomic mass is 10.2. The first-order chi connectivity index (χ1) is 8.87. The third kappa shape index (κ3) is 5.40. The zero-order valence-corrected chi connectivity index (χ0v) is 12.6. The van der Waals surface area contributed by atoms with Crippen LogP contribution < -0.4 is 10.2 Å². The zero-order valence-electron chi connectivity index (χ0n) is 11.0. The highest BCUT2D eigenvalue weighted by Gasteiger charge is 2.30. The van der Waals surface area contributed by atoms with E-state index in [1.165, 1.54) is 4.90 Å². The molecule has 1 aromatic rings. The third-order valence-electron chi connectivity index (χ3n) is 2.68. The first kappa shape index (κ1) is 16.3. The Kier molecular flexibility index (Phi) is 6.13. The quantitative estimate of drug-likeness (QED) is 0.844. The molecule has 108 valence electrons. The summed E-state index contributed by atoms with van der Waals surface area (Å²) in [4.78, 5) is 1.31. The molecule has 0 heterocycles. The van der Waals surface area contributed by atoms with Gasteiger partial charge in [-0.1, -0.05) is 13.0 Å². The Morgan fingerprint density at radius 2 is 1.95 bits per heavy atom. The van der Waals surface area contributed by atoms with Gasteiger partial charge in [-0.2, -0.15) is 13.2 Å². The minimum absolute atomic E-state index is 0.310. The summed E-state index contributed by atoms with van der Waals surface area (Å²) < 4.78 is 38.2. The summed E-state index contributed by atoms with van der Waals surface area (Å²) in [5.41, 5.74) is 1.61. The van der Waals surface area contributed by atoms with E-state index >= 15 is 0 Å². The first-order valence-electron chi connectivity index (χ1n) is 6.18. The monoisotopic (exact) mass is 338 g/mol. The van der Waals surface area contributed by atoms with Crippen molar-refractivity contribution in [2.75, 3.05) is 24.5 Å². The van der Waals surface area contributed by atoms with Crippen molar-refractivity contribution >= 4 is 21.6 Å². The molecule has 0 saturated carbocycles. The molecule has 0 unspecified atom stereocenters. The van der Waals surface area contributed by atoms with E-state index in [9.17, 15) is 13.2 Å². The van der Waals surface area contributed by atoms with Crippen LogP contribution in [0.25, 0.3) is 0 Å². The molecule has 0 amide bonds. The van der Waals surface area contributed by atoms with Crippen molar-refractivity contribution in [3.8, 4) is 0 Å². The van der Waals surface area contributed by atoms with Crippen molar-refractivity contribution in [1.29, 1.82) is 0 Å². The van der Waals surface area contributed by atoms with Crippen LogP contribution >= 0.6 is 15.9 Å². The number of rotatable bonds is 6. The second-order valence-electron chi connectivity index (χ2n) is 4.20. The maximum Gasteiger partial charge on any atom is 0.405 e. The third-order valence-corrected chi connectivity index (χ3v) is 3.32. The summed E-state index contributed by atoms with van der Waals surface area (Å²) in [6, 6.07) is 5.44. The van der Waals surface area contributed by atoms with Gasteiger partial charge in [0.1, 0.15) is 6.54 Å². The predicted molar refractivity (Wildman–Crippen MR) is 75.5 cm³/mol. The number of hydrogen-bond acceptors (Lipinski definition) is 2. The van der Waals surface area contributed by atoms with Crippen molar-refractivity contribution in [3.63, 3.8) is 0 Å². The fourth-order valence-electron chi connectivity index (χ4n) is 1.77. The minimum atomic E-state index is -4.20. The molecule has 0 aromatic heterocycles. The van der Waals surface area contributed by atoms with Gasteiger partial charge in [0, 0.05) is 17.6 Å². The smallest absolute Gasteiger partial charge is 0.362 e. The molecule has 0 bridgehead atoms. The topological polar surface area (TPSA) is 15.3 Å². The molecule has 0 aliphatic rings. The summed E-state index contributed by atoms with van der Waals surface area (Å²) in [5.74, 6) is 0. The molecule has 0 radical (unpaired) electrons. The molecule has 1 aromatic carbocycles. The van der Waals surface area contributed by atoms with E-state index in [0.717, 1.165) is 12.1 Å².